The smallest absolute Gasteiger partial charge is 0.254 e. The molecule has 1 amide bonds. The molecule has 0 radical (unpaired) electrons. The van der Waals surface area contributed by atoms with Gasteiger partial charge in [0.05, 0.1) is 13.2 Å². The highest BCUT2D eigenvalue weighted by Crippen LogP contribution is 2.19. The SMILES string of the molecule is CCCCN(Cc1ccccc1)C(=O)c1ccnc(OC2CCOCC2)c1. The average molecular weight is 368 g/mol. The maximum atomic E-state index is 13.1. The molecule has 1 aromatic carbocycles. The highest BCUT2D eigenvalue weighted by atomic mass is 16.5. The lowest BCUT2D eigenvalue weighted by Gasteiger charge is -2.24. The van der Waals surface area contributed by atoms with Gasteiger partial charge in [-0.15, -0.1) is 0 Å². The second-order valence-corrected chi connectivity index (χ2v) is 6.88. The summed E-state index contributed by atoms with van der Waals surface area (Å²) in [5.74, 6) is 0.537. The molecule has 1 aliphatic heterocycles. The number of aromatic nitrogens is 1. The third kappa shape index (κ3) is 5.79. The van der Waals surface area contributed by atoms with E-state index in [1.54, 1.807) is 18.3 Å². The minimum atomic E-state index is 0.0199. The molecular weight excluding hydrogens is 340 g/mol. The van der Waals surface area contributed by atoms with Gasteiger partial charge >= 0.3 is 0 Å². The van der Waals surface area contributed by atoms with Crippen molar-refractivity contribution in [3.8, 4) is 5.88 Å². The van der Waals surface area contributed by atoms with Crippen LogP contribution in [0, 0.1) is 0 Å². The standard InChI is InChI=1S/C22H28N2O3/c1-2-3-13-24(17-18-7-5-4-6-8-18)22(25)19-9-12-23-21(16-19)27-20-10-14-26-15-11-20/h4-9,12,16,20H,2-3,10-11,13-15,17H2,1H3. The van der Waals surface area contributed by atoms with Gasteiger partial charge in [0.1, 0.15) is 6.10 Å². The molecule has 5 heteroatoms. The predicted octanol–water partition coefficient (Wildman–Crippen LogP) is 4.08. The molecule has 2 heterocycles. The summed E-state index contributed by atoms with van der Waals surface area (Å²) in [4.78, 5) is 19.3. The number of amides is 1. The number of pyridine rings is 1. The average Bonchev–Trinajstić information content (AvgIpc) is 2.72. The van der Waals surface area contributed by atoms with Gasteiger partial charge in [-0.25, -0.2) is 4.98 Å². The molecule has 0 bridgehead atoms. The van der Waals surface area contributed by atoms with Gasteiger partial charge in [-0.1, -0.05) is 43.7 Å². The lowest BCUT2D eigenvalue weighted by molar-refractivity contribution is 0.0236. The first-order valence-electron chi connectivity index (χ1n) is 9.80. The Hall–Kier alpha value is -2.40. The third-order valence-corrected chi connectivity index (χ3v) is 4.72. The summed E-state index contributed by atoms with van der Waals surface area (Å²) in [5, 5.41) is 0. The zero-order valence-electron chi connectivity index (χ0n) is 16.0. The fourth-order valence-corrected chi connectivity index (χ4v) is 3.16. The molecule has 1 saturated heterocycles. The number of ether oxygens (including phenoxy) is 2. The van der Waals surface area contributed by atoms with E-state index < -0.39 is 0 Å². The van der Waals surface area contributed by atoms with Gasteiger partial charge in [-0.05, 0) is 18.1 Å². The Morgan fingerprint density at radius 2 is 2.00 bits per heavy atom. The van der Waals surface area contributed by atoms with E-state index in [-0.39, 0.29) is 12.0 Å². The van der Waals surface area contributed by atoms with E-state index in [4.69, 9.17) is 9.47 Å². The van der Waals surface area contributed by atoms with Crippen LogP contribution in [0.15, 0.2) is 48.7 Å². The number of rotatable bonds is 8. The van der Waals surface area contributed by atoms with Crippen LogP contribution >= 0.6 is 0 Å². The Balaban J connectivity index is 1.71. The number of benzene rings is 1. The first kappa shape index (κ1) is 19.4. The summed E-state index contributed by atoms with van der Waals surface area (Å²) in [6, 6.07) is 13.6. The summed E-state index contributed by atoms with van der Waals surface area (Å²) in [7, 11) is 0. The Labute approximate surface area is 161 Å². The van der Waals surface area contributed by atoms with Crippen molar-refractivity contribution in [3.63, 3.8) is 0 Å². The Bertz CT molecular complexity index is 715. The molecule has 0 saturated carbocycles. The predicted molar refractivity (Wildman–Crippen MR) is 105 cm³/mol. The summed E-state index contributed by atoms with van der Waals surface area (Å²) in [6.45, 7) is 4.91. The molecule has 144 valence electrons. The van der Waals surface area contributed by atoms with E-state index in [9.17, 15) is 4.79 Å². The van der Waals surface area contributed by atoms with E-state index in [1.807, 2.05) is 23.1 Å². The van der Waals surface area contributed by atoms with Crippen molar-refractivity contribution in [1.29, 1.82) is 0 Å². The zero-order valence-corrected chi connectivity index (χ0v) is 16.0. The first-order chi connectivity index (χ1) is 13.3. The number of nitrogens with zero attached hydrogens (tertiary/aromatic N) is 2. The molecule has 0 aliphatic carbocycles. The lowest BCUT2D eigenvalue weighted by atomic mass is 10.1. The largest absolute Gasteiger partial charge is 0.474 e. The molecule has 2 aromatic rings. The van der Waals surface area contributed by atoms with E-state index in [2.05, 4.69) is 24.0 Å². The maximum Gasteiger partial charge on any atom is 0.254 e. The van der Waals surface area contributed by atoms with Crippen LogP contribution in [0.5, 0.6) is 5.88 Å². The van der Waals surface area contributed by atoms with Crippen molar-refractivity contribution in [1.82, 2.24) is 9.88 Å². The summed E-state index contributed by atoms with van der Waals surface area (Å²) < 4.78 is 11.3. The number of unbranched alkanes of at least 4 members (excludes halogenated alkanes) is 1. The van der Waals surface area contributed by atoms with Crippen LogP contribution in [0.1, 0.15) is 48.5 Å². The maximum absolute atomic E-state index is 13.1. The first-order valence-corrected chi connectivity index (χ1v) is 9.80. The van der Waals surface area contributed by atoms with E-state index in [0.29, 0.717) is 31.2 Å². The van der Waals surface area contributed by atoms with Crippen molar-refractivity contribution < 1.29 is 14.3 Å². The minimum Gasteiger partial charge on any atom is -0.474 e. The van der Waals surface area contributed by atoms with Crippen LogP contribution in [0.2, 0.25) is 0 Å². The zero-order chi connectivity index (χ0) is 18.9. The molecule has 0 spiro atoms. The summed E-state index contributed by atoms with van der Waals surface area (Å²) in [6.07, 6.45) is 5.51. The second-order valence-electron chi connectivity index (χ2n) is 6.88. The van der Waals surface area contributed by atoms with Gasteiger partial charge in [-0.2, -0.15) is 0 Å². The van der Waals surface area contributed by atoms with Crippen molar-refractivity contribution in [3.05, 3.63) is 59.8 Å². The van der Waals surface area contributed by atoms with Crippen molar-refractivity contribution >= 4 is 5.91 Å². The molecule has 0 N–H and O–H groups in total. The van der Waals surface area contributed by atoms with Crippen LogP contribution in [0.25, 0.3) is 0 Å². The normalized spacial score (nSPS) is 14.7. The van der Waals surface area contributed by atoms with Gasteiger partial charge < -0.3 is 14.4 Å². The Morgan fingerprint density at radius 3 is 2.74 bits per heavy atom. The highest BCUT2D eigenvalue weighted by Gasteiger charge is 2.19. The van der Waals surface area contributed by atoms with E-state index in [1.165, 1.54) is 0 Å². The lowest BCUT2D eigenvalue weighted by Crippen LogP contribution is -2.31. The third-order valence-electron chi connectivity index (χ3n) is 4.72. The van der Waals surface area contributed by atoms with Crippen molar-refractivity contribution in [2.45, 2.75) is 45.3 Å². The molecule has 0 atom stereocenters. The molecule has 3 rings (SSSR count). The molecule has 0 unspecified atom stereocenters. The number of carbonyl (C=O) groups excluding carboxylic acids is 1. The summed E-state index contributed by atoms with van der Waals surface area (Å²) in [5.41, 5.74) is 1.76. The Morgan fingerprint density at radius 1 is 1.22 bits per heavy atom. The fraction of sp³-hybridized carbons (Fsp3) is 0.455. The van der Waals surface area contributed by atoms with Gasteiger partial charge in [0.25, 0.3) is 5.91 Å². The Kier molecular flexibility index (Phi) is 7.22. The van der Waals surface area contributed by atoms with Crippen LogP contribution in [-0.4, -0.2) is 41.7 Å². The summed E-state index contributed by atoms with van der Waals surface area (Å²) >= 11 is 0. The minimum absolute atomic E-state index is 0.0199. The number of hydrogen-bond donors (Lipinski definition) is 0. The van der Waals surface area contributed by atoms with E-state index >= 15 is 0 Å². The van der Waals surface area contributed by atoms with Crippen molar-refractivity contribution in [2.75, 3.05) is 19.8 Å². The topological polar surface area (TPSA) is 51.7 Å². The fourth-order valence-electron chi connectivity index (χ4n) is 3.16. The van der Waals surface area contributed by atoms with Crippen LogP contribution in [-0.2, 0) is 11.3 Å². The van der Waals surface area contributed by atoms with E-state index in [0.717, 1.165) is 37.8 Å². The monoisotopic (exact) mass is 368 g/mol. The second kappa shape index (κ2) is 10.1. The van der Waals surface area contributed by atoms with Gasteiger partial charge in [0, 0.05) is 43.8 Å². The van der Waals surface area contributed by atoms with Crippen LogP contribution in [0.3, 0.4) is 0 Å². The molecular formula is C22H28N2O3. The van der Waals surface area contributed by atoms with Gasteiger partial charge in [-0.3, -0.25) is 4.79 Å². The van der Waals surface area contributed by atoms with Crippen LogP contribution in [0.4, 0.5) is 0 Å². The molecule has 5 nitrogen and oxygen atoms in total. The molecule has 1 aliphatic rings. The number of carbonyl (C=O) groups is 1. The van der Waals surface area contributed by atoms with Crippen molar-refractivity contribution in [2.24, 2.45) is 0 Å². The quantitative estimate of drug-likeness (QED) is 0.704. The van der Waals surface area contributed by atoms with Crippen LogP contribution < -0.4 is 4.74 Å². The van der Waals surface area contributed by atoms with Gasteiger partial charge in [0.2, 0.25) is 5.88 Å². The molecule has 1 aromatic heterocycles. The molecule has 1 fully saturated rings. The molecule has 27 heavy (non-hydrogen) atoms. The highest BCUT2D eigenvalue weighted by molar-refractivity contribution is 5.94. The number of hydrogen-bond acceptors (Lipinski definition) is 4. The van der Waals surface area contributed by atoms with Gasteiger partial charge in [0.15, 0.2) is 0 Å².